The van der Waals surface area contributed by atoms with Gasteiger partial charge in [-0.2, -0.15) is 0 Å². The summed E-state index contributed by atoms with van der Waals surface area (Å²) in [6.45, 7) is 9.17. The molecular formula is C19H28FN3O. The van der Waals surface area contributed by atoms with Gasteiger partial charge >= 0.3 is 0 Å². The average Bonchev–Trinajstić information content (AvgIpc) is 2.63. The maximum absolute atomic E-state index is 13.9. The third kappa shape index (κ3) is 4.14. The van der Waals surface area contributed by atoms with Gasteiger partial charge in [0.15, 0.2) is 0 Å². The van der Waals surface area contributed by atoms with Crippen LogP contribution >= 0.6 is 0 Å². The van der Waals surface area contributed by atoms with Gasteiger partial charge in [0.1, 0.15) is 5.82 Å². The molecule has 1 amide bonds. The third-order valence-corrected chi connectivity index (χ3v) is 5.34. The second-order valence-electron chi connectivity index (χ2n) is 6.93. The Labute approximate surface area is 144 Å². The van der Waals surface area contributed by atoms with E-state index in [2.05, 4.69) is 16.7 Å². The first-order valence-electron chi connectivity index (χ1n) is 9.14. The van der Waals surface area contributed by atoms with Gasteiger partial charge in [0, 0.05) is 44.8 Å². The molecule has 1 atom stereocenters. The number of piperazine rings is 1. The van der Waals surface area contributed by atoms with Gasteiger partial charge in [0.25, 0.3) is 0 Å². The summed E-state index contributed by atoms with van der Waals surface area (Å²) >= 11 is 0. The van der Waals surface area contributed by atoms with Crippen LogP contribution in [0.5, 0.6) is 0 Å². The Hall–Kier alpha value is -1.46. The molecule has 0 bridgehead atoms. The van der Waals surface area contributed by atoms with Gasteiger partial charge in [-0.25, -0.2) is 4.39 Å². The Balaban J connectivity index is 1.55. The minimum absolute atomic E-state index is 0.0682. The Bertz CT molecular complexity index is 557. The molecule has 2 aliphatic rings. The monoisotopic (exact) mass is 333 g/mol. The number of carbonyl (C=O) groups is 1. The zero-order valence-electron chi connectivity index (χ0n) is 14.6. The average molecular weight is 333 g/mol. The van der Waals surface area contributed by atoms with Crippen molar-refractivity contribution in [3.8, 4) is 0 Å². The summed E-state index contributed by atoms with van der Waals surface area (Å²) in [5.41, 5.74) is 0.724. The van der Waals surface area contributed by atoms with Crippen molar-refractivity contribution in [2.24, 2.45) is 5.92 Å². The van der Waals surface area contributed by atoms with Gasteiger partial charge in [-0.1, -0.05) is 25.1 Å². The van der Waals surface area contributed by atoms with Crippen molar-refractivity contribution in [1.29, 1.82) is 0 Å². The van der Waals surface area contributed by atoms with Crippen LogP contribution in [0.2, 0.25) is 0 Å². The fraction of sp³-hybridized carbons (Fsp3) is 0.632. The first-order valence-corrected chi connectivity index (χ1v) is 9.14. The lowest BCUT2D eigenvalue weighted by atomic mass is 9.95. The Morgan fingerprint density at radius 3 is 2.58 bits per heavy atom. The van der Waals surface area contributed by atoms with Gasteiger partial charge in [-0.3, -0.25) is 9.69 Å². The number of benzene rings is 1. The number of hydrogen-bond donors (Lipinski definition) is 0. The van der Waals surface area contributed by atoms with Crippen LogP contribution in [0.15, 0.2) is 24.3 Å². The number of hydrogen-bond acceptors (Lipinski definition) is 3. The number of amides is 1. The van der Waals surface area contributed by atoms with E-state index >= 15 is 0 Å². The third-order valence-electron chi connectivity index (χ3n) is 5.34. The normalized spacial score (nSPS) is 23.4. The standard InChI is InChI=1S/C19H28FN3O/c1-2-21-10-12-23(13-11-21)19(24)17-7-5-9-22(15-17)14-16-6-3-4-8-18(16)20/h3-4,6,8,17H,2,5,7,9-15H2,1H3. The van der Waals surface area contributed by atoms with Crippen molar-refractivity contribution in [3.63, 3.8) is 0 Å². The van der Waals surface area contributed by atoms with E-state index in [4.69, 9.17) is 0 Å². The van der Waals surface area contributed by atoms with Gasteiger partial charge in [0.2, 0.25) is 5.91 Å². The number of piperidine rings is 1. The lowest BCUT2D eigenvalue weighted by molar-refractivity contribution is -0.139. The highest BCUT2D eigenvalue weighted by molar-refractivity contribution is 5.79. The van der Waals surface area contributed by atoms with E-state index in [1.54, 1.807) is 6.07 Å². The van der Waals surface area contributed by atoms with Crippen molar-refractivity contribution in [2.75, 3.05) is 45.8 Å². The summed E-state index contributed by atoms with van der Waals surface area (Å²) in [4.78, 5) is 19.5. The van der Waals surface area contributed by atoms with Crippen molar-refractivity contribution in [3.05, 3.63) is 35.6 Å². The predicted molar refractivity (Wildman–Crippen MR) is 93.1 cm³/mol. The summed E-state index contributed by atoms with van der Waals surface area (Å²) in [6.07, 6.45) is 1.97. The van der Waals surface area contributed by atoms with E-state index in [0.29, 0.717) is 12.5 Å². The van der Waals surface area contributed by atoms with Gasteiger partial charge in [-0.05, 0) is 32.0 Å². The molecule has 2 saturated heterocycles. The van der Waals surface area contributed by atoms with Crippen LogP contribution in [-0.2, 0) is 11.3 Å². The molecule has 1 unspecified atom stereocenters. The lowest BCUT2D eigenvalue weighted by Gasteiger charge is -2.38. The minimum atomic E-state index is -0.151. The summed E-state index contributed by atoms with van der Waals surface area (Å²) in [7, 11) is 0. The highest BCUT2D eigenvalue weighted by Crippen LogP contribution is 2.22. The second-order valence-corrected chi connectivity index (χ2v) is 6.93. The minimum Gasteiger partial charge on any atom is -0.340 e. The summed E-state index contributed by atoms with van der Waals surface area (Å²) < 4.78 is 13.9. The maximum atomic E-state index is 13.9. The highest BCUT2D eigenvalue weighted by atomic mass is 19.1. The largest absolute Gasteiger partial charge is 0.340 e. The fourth-order valence-electron chi connectivity index (χ4n) is 3.81. The summed E-state index contributed by atoms with van der Waals surface area (Å²) in [5, 5.41) is 0. The molecule has 0 N–H and O–H groups in total. The summed E-state index contributed by atoms with van der Waals surface area (Å²) in [6, 6.07) is 6.94. The molecule has 0 aliphatic carbocycles. The topological polar surface area (TPSA) is 26.8 Å². The second kappa shape index (κ2) is 8.08. The van der Waals surface area contributed by atoms with E-state index in [1.807, 2.05) is 17.0 Å². The molecule has 1 aromatic carbocycles. The molecule has 4 nitrogen and oxygen atoms in total. The number of rotatable bonds is 4. The van der Waals surface area contributed by atoms with Gasteiger partial charge < -0.3 is 9.80 Å². The summed E-state index contributed by atoms with van der Waals surface area (Å²) in [5.74, 6) is 0.212. The molecule has 3 rings (SSSR count). The SMILES string of the molecule is CCN1CCN(C(=O)C2CCCN(Cc3ccccc3F)C2)CC1. The molecule has 0 spiro atoms. The number of carbonyl (C=O) groups excluding carboxylic acids is 1. The molecule has 0 saturated carbocycles. The van der Waals surface area contributed by atoms with Crippen LogP contribution in [0, 0.1) is 11.7 Å². The Kier molecular flexibility index (Phi) is 5.85. The van der Waals surface area contributed by atoms with Crippen molar-refractivity contribution < 1.29 is 9.18 Å². The van der Waals surface area contributed by atoms with Crippen molar-refractivity contribution >= 4 is 5.91 Å². The molecular weight excluding hydrogens is 305 g/mol. The van der Waals surface area contributed by atoms with Crippen LogP contribution < -0.4 is 0 Å². The smallest absolute Gasteiger partial charge is 0.227 e. The van der Waals surface area contributed by atoms with Crippen molar-refractivity contribution in [1.82, 2.24) is 14.7 Å². The van der Waals surface area contributed by atoms with E-state index in [0.717, 1.165) is 64.2 Å². The van der Waals surface area contributed by atoms with Crippen molar-refractivity contribution in [2.45, 2.75) is 26.3 Å². The maximum Gasteiger partial charge on any atom is 0.227 e. The first-order chi connectivity index (χ1) is 11.7. The zero-order chi connectivity index (χ0) is 16.9. The number of nitrogens with zero attached hydrogens (tertiary/aromatic N) is 3. The lowest BCUT2D eigenvalue weighted by Crippen LogP contribution is -2.52. The van der Waals surface area contributed by atoms with E-state index < -0.39 is 0 Å². The molecule has 2 aliphatic heterocycles. The highest BCUT2D eigenvalue weighted by Gasteiger charge is 2.30. The molecule has 24 heavy (non-hydrogen) atoms. The first kappa shape index (κ1) is 17.4. The van der Waals surface area contributed by atoms with Crippen LogP contribution in [-0.4, -0.2) is 66.4 Å². The van der Waals surface area contributed by atoms with E-state index in [-0.39, 0.29) is 11.7 Å². The zero-order valence-corrected chi connectivity index (χ0v) is 14.6. The Morgan fingerprint density at radius 2 is 1.88 bits per heavy atom. The van der Waals surface area contributed by atoms with E-state index in [9.17, 15) is 9.18 Å². The molecule has 1 aromatic rings. The molecule has 5 heteroatoms. The van der Waals surface area contributed by atoms with Gasteiger partial charge in [0.05, 0.1) is 5.92 Å². The number of likely N-dealkylation sites (tertiary alicyclic amines) is 1. The molecule has 0 radical (unpaired) electrons. The predicted octanol–water partition coefficient (Wildman–Crippen LogP) is 2.20. The Morgan fingerprint density at radius 1 is 1.12 bits per heavy atom. The quantitative estimate of drug-likeness (QED) is 0.845. The van der Waals surface area contributed by atoms with Crippen LogP contribution in [0.1, 0.15) is 25.3 Å². The van der Waals surface area contributed by atoms with Crippen LogP contribution in [0.3, 0.4) is 0 Å². The van der Waals surface area contributed by atoms with Gasteiger partial charge in [-0.15, -0.1) is 0 Å². The molecule has 2 fully saturated rings. The molecule has 0 aromatic heterocycles. The fourth-order valence-corrected chi connectivity index (χ4v) is 3.81. The number of likely N-dealkylation sites (N-methyl/N-ethyl adjacent to an activating group) is 1. The van der Waals surface area contributed by atoms with Crippen LogP contribution in [0.4, 0.5) is 4.39 Å². The van der Waals surface area contributed by atoms with Crippen LogP contribution in [0.25, 0.3) is 0 Å². The number of halogens is 1. The van der Waals surface area contributed by atoms with E-state index in [1.165, 1.54) is 6.07 Å². The molecule has 2 heterocycles. The molecule has 132 valence electrons.